The Balaban J connectivity index is 2.06. The molecule has 0 bridgehead atoms. The standard InChI is InChI=1S/C13H15BrClN3S/c1-13(2,3)12-18-7-9(19-12)6-16-10-4-8(14)5-17-11(10)15/h4-5,7,16H,6H2,1-3H3. The van der Waals surface area contributed by atoms with Gasteiger partial charge in [-0.05, 0) is 22.0 Å². The van der Waals surface area contributed by atoms with Crippen molar-refractivity contribution in [3.05, 3.63) is 38.0 Å². The van der Waals surface area contributed by atoms with Crippen LogP contribution < -0.4 is 5.32 Å². The minimum Gasteiger partial charge on any atom is -0.378 e. The van der Waals surface area contributed by atoms with E-state index in [2.05, 4.69) is 52.0 Å². The van der Waals surface area contributed by atoms with Gasteiger partial charge in [-0.25, -0.2) is 9.97 Å². The fraction of sp³-hybridized carbons (Fsp3) is 0.385. The maximum Gasteiger partial charge on any atom is 0.152 e. The first-order valence-electron chi connectivity index (χ1n) is 5.86. The molecule has 0 aliphatic carbocycles. The van der Waals surface area contributed by atoms with Crippen molar-refractivity contribution in [2.24, 2.45) is 0 Å². The molecule has 1 N–H and O–H groups in total. The molecule has 3 nitrogen and oxygen atoms in total. The van der Waals surface area contributed by atoms with Crippen molar-refractivity contribution in [2.75, 3.05) is 5.32 Å². The van der Waals surface area contributed by atoms with Crippen LogP contribution in [0.25, 0.3) is 0 Å². The van der Waals surface area contributed by atoms with Gasteiger partial charge in [0, 0.05) is 27.2 Å². The van der Waals surface area contributed by atoms with E-state index in [0.29, 0.717) is 11.7 Å². The van der Waals surface area contributed by atoms with Crippen molar-refractivity contribution in [3.8, 4) is 0 Å². The third-order valence-corrected chi connectivity index (χ3v) is 4.61. The zero-order chi connectivity index (χ0) is 14.0. The van der Waals surface area contributed by atoms with Gasteiger partial charge in [0.05, 0.1) is 17.2 Å². The molecule has 0 aliphatic heterocycles. The number of halogens is 2. The predicted octanol–water partition coefficient (Wildman–Crippen LogP) is 4.86. The number of aromatic nitrogens is 2. The summed E-state index contributed by atoms with van der Waals surface area (Å²) < 4.78 is 0.902. The fourth-order valence-corrected chi connectivity index (χ4v) is 2.88. The van der Waals surface area contributed by atoms with Crippen molar-refractivity contribution in [1.82, 2.24) is 9.97 Å². The molecule has 19 heavy (non-hydrogen) atoms. The highest BCUT2D eigenvalue weighted by Gasteiger charge is 2.17. The molecular formula is C13H15BrClN3S. The number of nitrogens with one attached hydrogen (secondary N) is 1. The summed E-state index contributed by atoms with van der Waals surface area (Å²) in [7, 11) is 0. The summed E-state index contributed by atoms with van der Waals surface area (Å²) in [5.74, 6) is 0. The van der Waals surface area contributed by atoms with Crippen LogP contribution in [0.4, 0.5) is 5.69 Å². The van der Waals surface area contributed by atoms with E-state index in [1.165, 1.54) is 4.88 Å². The average Bonchev–Trinajstić information content (AvgIpc) is 2.79. The molecule has 6 heteroatoms. The van der Waals surface area contributed by atoms with Crippen molar-refractivity contribution >= 4 is 44.6 Å². The van der Waals surface area contributed by atoms with Crippen molar-refractivity contribution < 1.29 is 0 Å². The van der Waals surface area contributed by atoms with Gasteiger partial charge in [0.15, 0.2) is 5.15 Å². The van der Waals surface area contributed by atoms with Crippen LogP contribution in [0, 0.1) is 0 Å². The van der Waals surface area contributed by atoms with Crippen molar-refractivity contribution in [2.45, 2.75) is 32.7 Å². The maximum absolute atomic E-state index is 6.03. The summed E-state index contributed by atoms with van der Waals surface area (Å²) in [6.45, 7) is 7.19. The second kappa shape index (κ2) is 5.77. The van der Waals surface area contributed by atoms with Crippen LogP contribution in [0.5, 0.6) is 0 Å². The minimum atomic E-state index is 0.0951. The molecule has 0 atom stereocenters. The first-order valence-corrected chi connectivity index (χ1v) is 7.85. The lowest BCUT2D eigenvalue weighted by Gasteiger charge is -2.13. The Hall–Kier alpha value is -0.650. The van der Waals surface area contributed by atoms with Crippen LogP contribution in [0.15, 0.2) is 22.9 Å². The van der Waals surface area contributed by atoms with Gasteiger partial charge in [0.25, 0.3) is 0 Å². The maximum atomic E-state index is 6.03. The number of rotatable bonds is 3. The van der Waals surface area contributed by atoms with Crippen LogP contribution in [0.3, 0.4) is 0 Å². The summed E-state index contributed by atoms with van der Waals surface area (Å²) in [6, 6.07) is 1.92. The van der Waals surface area contributed by atoms with E-state index >= 15 is 0 Å². The van der Waals surface area contributed by atoms with Crippen LogP contribution in [-0.4, -0.2) is 9.97 Å². The van der Waals surface area contributed by atoms with Crippen LogP contribution in [0.1, 0.15) is 30.7 Å². The third-order valence-electron chi connectivity index (χ3n) is 2.45. The molecule has 2 aromatic heterocycles. The molecular weight excluding hydrogens is 346 g/mol. The molecule has 0 saturated heterocycles. The number of hydrogen-bond donors (Lipinski definition) is 1. The van der Waals surface area contributed by atoms with Gasteiger partial charge in [0.1, 0.15) is 0 Å². The summed E-state index contributed by atoms with van der Waals surface area (Å²) in [6.07, 6.45) is 3.59. The number of thiazole rings is 1. The Morgan fingerprint density at radius 1 is 1.32 bits per heavy atom. The quantitative estimate of drug-likeness (QED) is 0.794. The number of anilines is 1. The molecule has 0 unspecified atom stereocenters. The Morgan fingerprint density at radius 3 is 2.68 bits per heavy atom. The van der Waals surface area contributed by atoms with E-state index in [0.717, 1.165) is 15.2 Å². The Labute approximate surface area is 130 Å². The van der Waals surface area contributed by atoms with E-state index in [-0.39, 0.29) is 5.41 Å². The molecule has 102 valence electrons. The van der Waals surface area contributed by atoms with Gasteiger partial charge in [-0.2, -0.15) is 0 Å². The van der Waals surface area contributed by atoms with Gasteiger partial charge in [-0.15, -0.1) is 11.3 Å². The topological polar surface area (TPSA) is 37.8 Å². The van der Waals surface area contributed by atoms with Crippen molar-refractivity contribution in [3.63, 3.8) is 0 Å². The second-order valence-corrected chi connectivity index (χ2v) is 7.62. The van der Waals surface area contributed by atoms with Crippen LogP contribution in [0.2, 0.25) is 5.15 Å². The molecule has 0 saturated carbocycles. The van der Waals surface area contributed by atoms with Crippen molar-refractivity contribution in [1.29, 1.82) is 0 Å². The third kappa shape index (κ3) is 3.91. The molecule has 0 fully saturated rings. The fourth-order valence-electron chi connectivity index (χ4n) is 1.46. The molecule has 0 aromatic carbocycles. The smallest absolute Gasteiger partial charge is 0.152 e. The molecule has 2 heterocycles. The number of hydrogen-bond acceptors (Lipinski definition) is 4. The zero-order valence-electron chi connectivity index (χ0n) is 11.0. The minimum absolute atomic E-state index is 0.0951. The van der Waals surface area contributed by atoms with Gasteiger partial charge < -0.3 is 5.32 Å². The summed E-state index contributed by atoms with van der Waals surface area (Å²) in [5, 5.41) is 4.90. The highest BCUT2D eigenvalue weighted by Crippen LogP contribution is 2.28. The lowest BCUT2D eigenvalue weighted by Crippen LogP contribution is -2.09. The summed E-state index contributed by atoms with van der Waals surface area (Å²) in [5.41, 5.74) is 0.916. The van der Waals surface area contributed by atoms with E-state index in [1.54, 1.807) is 17.5 Å². The molecule has 0 spiro atoms. The first-order chi connectivity index (χ1) is 8.86. The zero-order valence-corrected chi connectivity index (χ0v) is 14.2. The van der Waals surface area contributed by atoms with E-state index in [9.17, 15) is 0 Å². The lowest BCUT2D eigenvalue weighted by molar-refractivity contribution is 0.585. The van der Waals surface area contributed by atoms with Gasteiger partial charge in [-0.3, -0.25) is 0 Å². The highest BCUT2D eigenvalue weighted by molar-refractivity contribution is 9.10. The summed E-state index contributed by atoms with van der Waals surface area (Å²) >= 11 is 11.1. The van der Waals surface area contributed by atoms with E-state index in [4.69, 9.17) is 11.6 Å². The average molecular weight is 361 g/mol. The molecule has 0 amide bonds. The predicted molar refractivity (Wildman–Crippen MR) is 85.1 cm³/mol. The van der Waals surface area contributed by atoms with Crippen LogP contribution >= 0.6 is 38.9 Å². The Kier molecular flexibility index (Phi) is 4.48. The molecule has 2 aromatic rings. The lowest BCUT2D eigenvalue weighted by atomic mass is 9.98. The molecule has 0 aliphatic rings. The Morgan fingerprint density at radius 2 is 2.05 bits per heavy atom. The highest BCUT2D eigenvalue weighted by atomic mass is 79.9. The Bertz CT molecular complexity index is 578. The summed E-state index contributed by atoms with van der Waals surface area (Å²) in [4.78, 5) is 9.72. The molecule has 2 rings (SSSR count). The largest absolute Gasteiger partial charge is 0.378 e. The molecule has 0 radical (unpaired) electrons. The number of nitrogens with zero attached hydrogens (tertiary/aromatic N) is 2. The van der Waals surface area contributed by atoms with E-state index in [1.807, 2.05) is 12.3 Å². The second-order valence-electron chi connectivity index (χ2n) is 5.23. The van der Waals surface area contributed by atoms with E-state index < -0.39 is 0 Å². The van der Waals surface area contributed by atoms with Gasteiger partial charge >= 0.3 is 0 Å². The van der Waals surface area contributed by atoms with Gasteiger partial charge in [-0.1, -0.05) is 32.4 Å². The first kappa shape index (κ1) is 14.8. The normalized spacial score (nSPS) is 11.6. The monoisotopic (exact) mass is 359 g/mol. The number of pyridine rings is 1. The van der Waals surface area contributed by atoms with Gasteiger partial charge in [0.2, 0.25) is 0 Å². The SMILES string of the molecule is CC(C)(C)c1ncc(CNc2cc(Br)cnc2Cl)s1. The van der Waals surface area contributed by atoms with Crippen LogP contribution in [-0.2, 0) is 12.0 Å².